The minimum absolute atomic E-state index is 0.940. The van der Waals surface area contributed by atoms with E-state index >= 15 is 0 Å². The normalized spacial score (nSPS) is 10.7. The van der Waals surface area contributed by atoms with E-state index in [2.05, 4.69) is 96.6 Å². The van der Waals surface area contributed by atoms with Crippen LogP contribution < -0.4 is 0 Å². The van der Waals surface area contributed by atoms with Gasteiger partial charge in [-0.2, -0.15) is 0 Å². The molecule has 4 rings (SSSR count). The Morgan fingerprint density at radius 1 is 0.538 bits per heavy atom. The van der Waals surface area contributed by atoms with Crippen molar-refractivity contribution in [2.75, 3.05) is 0 Å². The zero-order valence-electron chi connectivity index (χ0n) is 15.0. The number of aromatic nitrogens is 2. The molecule has 0 aliphatic heterocycles. The molecule has 1 aromatic heterocycles. The van der Waals surface area contributed by atoms with E-state index in [1.54, 1.807) is 6.33 Å². The molecule has 0 saturated carbocycles. The maximum atomic E-state index is 4.53. The number of aryl methyl sites for hydroxylation is 2. The van der Waals surface area contributed by atoms with Crippen molar-refractivity contribution in [1.82, 2.24) is 9.97 Å². The molecular formula is C24H20N2. The van der Waals surface area contributed by atoms with Crippen molar-refractivity contribution >= 4 is 0 Å². The Kier molecular flexibility index (Phi) is 4.32. The van der Waals surface area contributed by atoms with Gasteiger partial charge < -0.3 is 0 Å². The third kappa shape index (κ3) is 3.14. The summed E-state index contributed by atoms with van der Waals surface area (Å²) in [6.45, 7) is 4.25. The Hall–Kier alpha value is -3.26. The van der Waals surface area contributed by atoms with Gasteiger partial charge in [0.15, 0.2) is 0 Å². The molecular weight excluding hydrogens is 316 g/mol. The second kappa shape index (κ2) is 6.93. The summed E-state index contributed by atoms with van der Waals surface area (Å²) in [5.41, 5.74) is 9.05. The van der Waals surface area contributed by atoms with Crippen molar-refractivity contribution in [2.45, 2.75) is 13.8 Å². The number of hydrogen-bond donors (Lipinski definition) is 0. The predicted molar refractivity (Wildman–Crippen MR) is 108 cm³/mol. The van der Waals surface area contributed by atoms with Gasteiger partial charge in [-0.1, -0.05) is 66.7 Å². The van der Waals surface area contributed by atoms with Crippen LogP contribution in [-0.2, 0) is 0 Å². The molecule has 0 bridgehead atoms. The summed E-state index contributed by atoms with van der Waals surface area (Å²) < 4.78 is 0. The van der Waals surface area contributed by atoms with Crippen molar-refractivity contribution in [2.24, 2.45) is 0 Å². The fraction of sp³-hybridized carbons (Fsp3) is 0.0833. The summed E-state index contributed by atoms with van der Waals surface area (Å²) in [6.07, 6.45) is 1.66. The minimum Gasteiger partial charge on any atom is -0.236 e. The fourth-order valence-electron chi connectivity index (χ4n) is 3.36. The molecule has 0 unspecified atom stereocenters. The molecule has 0 amide bonds. The third-order valence-corrected chi connectivity index (χ3v) is 4.67. The molecule has 126 valence electrons. The molecule has 0 N–H and O–H groups in total. The lowest BCUT2D eigenvalue weighted by atomic mass is 9.98. The lowest BCUT2D eigenvalue weighted by Gasteiger charge is -2.10. The number of benzene rings is 3. The highest BCUT2D eigenvalue weighted by atomic mass is 14.8. The lowest BCUT2D eigenvalue weighted by Crippen LogP contribution is -1.93. The van der Waals surface area contributed by atoms with Crippen molar-refractivity contribution in [1.29, 1.82) is 0 Å². The molecule has 0 spiro atoms. The SMILES string of the molecule is Cc1cccc(C)c1-c1cc(-c2cccc(-c3ccccc3)c2)ncn1. The van der Waals surface area contributed by atoms with E-state index in [-0.39, 0.29) is 0 Å². The van der Waals surface area contributed by atoms with Crippen LogP contribution in [0.3, 0.4) is 0 Å². The second-order valence-electron chi connectivity index (χ2n) is 6.50. The average Bonchev–Trinajstić information content (AvgIpc) is 2.69. The van der Waals surface area contributed by atoms with Gasteiger partial charge in [0, 0.05) is 11.1 Å². The highest BCUT2D eigenvalue weighted by molar-refractivity contribution is 5.75. The van der Waals surface area contributed by atoms with Gasteiger partial charge >= 0.3 is 0 Å². The van der Waals surface area contributed by atoms with E-state index in [9.17, 15) is 0 Å². The first-order valence-electron chi connectivity index (χ1n) is 8.77. The van der Waals surface area contributed by atoms with Crippen molar-refractivity contribution in [3.05, 3.63) is 96.3 Å². The van der Waals surface area contributed by atoms with Crippen LogP contribution in [0.4, 0.5) is 0 Å². The summed E-state index contributed by atoms with van der Waals surface area (Å²) in [6, 6.07) is 27.3. The van der Waals surface area contributed by atoms with Gasteiger partial charge in [0.1, 0.15) is 6.33 Å². The molecule has 26 heavy (non-hydrogen) atoms. The second-order valence-corrected chi connectivity index (χ2v) is 6.50. The highest BCUT2D eigenvalue weighted by Crippen LogP contribution is 2.29. The Balaban J connectivity index is 1.78. The lowest BCUT2D eigenvalue weighted by molar-refractivity contribution is 1.17. The van der Waals surface area contributed by atoms with E-state index in [0.717, 1.165) is 17.0 Å². The van der Waals surface area contributed by atoms with Crippen molar-refractivity contribution in [3.8, 4) is 33.6 Å². The van der Waals surface area contributed by atoms with Gasteiger partial charge in [0.05, 0.1) is 11.4 Å². The molecule has 2 nitrogen and oxygen atoms in total. The Bertz CT molecular complexity index is 1030. The Labute approximate surface area is 154 Å². The van der Waals surface area contributed by atoms with E-state index in [1.807, 2.05) is 6.07 Å². The van der Waals surface area contributed by atoms with Gasteiger partial charge in [0.25, 0.3) is 0 Å². The van der Waals surface area contributed by atoms with Gasteiger partial charge in [0.2, 0.25) is 0 Å². The van der Waals surface area contributed by atoms with E-state index in [1.165, 1.54) is 27.8 Å². The topological polar surface area (TPSA) is 25.8 Å². The van der Waals surface area contributed by atoms with Crippen LogP contribution in [0.2, 0.25) is 0 Å². The van der Waals surface area contributed by atoms with Crippen LogP contribution in [0.25, 0.3) is 33.6 Å². The van der Waals surface area contributed by atoms with Gasteiger partial charge in [-0.15, -0.1) is 0 Å². The highest BCUT2D eigenvalue weighted by Gasteiger charge is 2.09. The summed E-state index contributed by atoms with van der Waals surface area (Å²) >= 11 is 0. The molecule has 0 aliphatic carbocycles. The summed E-state index contributed by atoms with van der Waals surface area (Å²) in [5, 5.41) is 0. The van der Waals surface area contributed by atoms with E-state index in [0.29, 0.717) is 0 Å². The van der Waals surface area contributed by atoms with Crippen molar-refractivity contribution < 1.29 is 0 Å². The average molecular weight is 336 g/mol. The molecule has 3 aromatic carbocycles. The maximum Gasteiger partial charge on any atom is 0.116 e. The maximum absolute atomic E-state index is 4.53. The molecule has 0 radical (unpaired) electrons. The minimum atomic E-state index is 0.940. The zero-order valence-corrected chi connectivity index (χ0v) is 15.0. The summed E-state index contributed by atoms with van der Waals surface area (Å²) in [7, 11) is 0. The van der Waals surface area contributed by atoms with Crippen LogP contribution in [-0.4, -0.2) is 9.97 Å². The zero-order chi connectivity index (χ0) is 17.9. The first-order valence-corrected chi connectivity index (χ1v) is 8.77. The third-order valence-electron chi connectivity index (χ3n) is 4.67. The first-order chi connectivity index (χ1) is 12.7. The molecule has 1 heterocycles. The first kappa shape index (κ1) is 16.2. The van der Waals surface area contributed by atoms with Gasteiger partial charge in [-0.3, -0.25) is 0 Å². The monoisotopic (exact) mass is 336 g/mol. The van der Waals surface area contributed by atoms with Gasteiger partial charge in [-0.05, 0) is 48.2 Å². The van der Waals surface area contributed by atoms with Crippen LogP contribution in [0.5, 0.6) is 0 Å². The standard InChI is InChI=1S/C24H20N2/c1-17-8-6-9-18(2)24(17)23-15-22(25-16-26-23)21-13-7-12-20(14-21)19-10-4-3-5-11-19/h3-16H,1-2H3. The fourth-order valence-corrected chi connectivity index (χ4v) is 3.36. The van der Waals surface area contributed by atoms with E-state index < -0.39 is 0 Å². The van der Waals surface area contributed by atoms with Crippen LogP contribution in [0.1, 0.15) is 11.1 Å². The molecule has 0 atom stereocenters. The van der Waals surface area contributed by atoms with E-state index in [4.69, 9.17) is 0 Å². The molecule has 2 heteroatoms. The largest absolute Gasteiger partial charge is 0.236 e. The Morgan fingerprint density at radius 3 is 1.92 bits per heavy atom. The Morgan fingerprint density at radius 2 is 1.15 bits per heavy atom. The van der Waals surface area contributed by atoms with Gasteiger partial charge in [-0.25, -0.2) is 9.97 Å². The molecule has 0 saturated heterocycles. The van der Waals surface area contributed by atoms with Crippen LogP contribution in [0.15, 0.2) is 85.2 Å². The molecule has 0 fully saturated rings. The summed E-state index contributed by atoms with van der Waals surface area (Å²) in [4.78, 5) is 9.04. The quantitative estimate of drug-likeness (QED) is 0.452. The summed E-state index contributed by atoms with van der Waals surface area (Å²) in [5.74, 6) is 0. The van der Waals surface area contributed by atoms with Crippen LogP contribution in [0, 0.1) is 13.8 Å². The van der Waals surface area contributed by atoms with Crippen LogP contribution >= 0.6 is 0 Å². The number of rotatable bonds is 3. The molecule has 4 aromatic rings. The smallest absolute Gasteiger partial charge is 0.116 e. The predicted octanol–water partition coefficient (Wildman–Crippen LogP) is 6.09. The number of hydrogen-bond acceptors (Lipinski definition) is 2. The molecule has 0 aliphatic rings. The number of nitrogens with zero attached hydrogens (tertiary/aromatic N) is 2. The van der Waals surface area contributed by atoms with Crippen molar-refractivity contribution in [3.63, 3.8) is 0 Å².